The predicted octanol–water partition coefficient (Wildman–Crippen LogP) is 3.95. The number of anilines is 1. The van der Waals surface area contributed by atoms with Crippen molar-refractivity contribution in [2.24, 2.45) is 10.2 Å². The summed E-state index contributed by atoms with van der Waals surface area (Å²) in [6.07, 6.45) is -4.82. The Balaban J connectivity index is 1.60. The van der Waals surface area contributed by atoms with Crippen LogP contribution in [0.25, 0.3) is 0 Å². The van der Waals surface area contributed by atoms with Gasteiger partial charge in [-0.3, -0.25) is 19.7 Å². The van der Waals surface area contributed by atoms with Crippen LogP contribution in [0, 0.1) is 10.1 Å². The Morgan fingerprint density at radius 1 is 1.24 bits per heavy atom. The molecular weight excluding hydrogens is 463 g/mol. The number of hydrogen-bond acceptors (Lipinski definition) is 7. The summed E-state index contributed by atoms with van der Waals surface area (Å²) in [6.45, 7) is 1.63. The molecule has 2 aromatic rings. The highest BCUT2D eigenvalue weighted by Crippen LogP contribution is 2.31. The number of nitrogens with zero attached hydrogens (tertiary/aromatic N) is 3. The summed E-state index contributed by atoms with van der Waals surface area (Å²) in [5.74, 6) is -1.12. The normalized spacial score (nSPS) is 17.7. The number of carbonyl (C=O) groups is 2. The maximum atomic E-state index is 12.8. The van der Waals surface area contributed by atoms with Crippen LogP contribution in [-0.4, -0.2) is 32.9 Å². The second kappa shape index (κ2) is 9.81. The fourth-order valence-electron chi connectivity index (χ4n) is 2.74. The van der Waals surface area contributed by atoms with E-state index in [4.69, 9.17) is 0 Å². The van der Waals surface area contributed by atoms with Crippen LogP contribution >= 0.6 is 11.8 Å². The standard InChI is InChI=1S/C20H16F3N5O4S/c1-11(12-5-7-15(8-6-12)28(31)32)26-27-19-25-18(30)16(33-19)10-17(29)24-14-4-2-3-13(9-14)20(21,22)23/h2-9,16H,10H2,1H3,(H,24,29)(H,25,27,30)/b26-11+. The highest BCUT2D eigenvalue weighted by atomic mass is 32.2. The number of nitro benzene ring substituents is 1. The van der Waals surface area contributed by atoms with Crippen LogP contribution in [-0.2, 0) is 15.8 Å². The zero-order valence-corrected chi connectivity index (χ0v) is 17.7. The van der Waals surface area contributed by atoms with Gasteiger partial charge in [-0.25, -0.2) is 0 Å². The van der Waals surface area contributed by atoms with E-state index in [-0.39, 0.29) is 23.0 Å². The second-order valence-corrected chi connectivity index (χ2v) is 8.01. The Kier molecular flexibility index (Phi) is 7.11. The van der Waals surface area contributed by atoms with Gasteiger partial charge in [-0.15, -0.1) is 5.10 Å². The first-order valence-corrected chi connectivity index (χ1v) is 10.2. The van der Waals surface area contributed by atoms with Gasteiger partial charge in [0.25, 0.3) is 5.69 Å². The molecular formula is C20H16F3N5O4S. The molecule has 3 rings (SSSR count). The van der Waals surface area contributed by atoms with Crippen LogP contribution in [0.4, 0.5) is 24.5 Å². The van der Waals surface area contributed by atoms with Gasteiger partial charge in [0.1, 0.15) is 5.25 Å². The minimum Gasteiger partial charge on any atom is -0.326 e. The van der Waals surface area contributed by atoms with Gasteiger partial charge >= 0.3 is 6.18 Å². The van der Waals surface area contributed by atoms with E-state index >= 15 is 0 Å². The molecule has 1 fully saturated rings. The van der Waals surface area contributed by atoms with E-state index < -0.39 is 33.7 Å². The lowest BCUT2D eigenvalue weighted by Crippen LogP contribution is -2.28. The first-order valence-electron chi connectivity index (χ1n) is 9.34. The van der Waals surface area contributed by atoms with Crippen LogP contribution in [0.15, 0.2) is 58.7 Å². The lowest BCUT2D eigenvalue weighted by atomic mass is 10.1. The van der Waals surface area contributed by atoms with Crippen molar-refractivity contribution in [3.05, 3.63) is 69.8 Å². The SMILES string of the molecule is C/C(=N\N=C1/NC(=O)C(CC(=O)Nc2cccc(C(F)(F)F)c2)S1)c1ccc([N+](=O)[O-])cc1. The molecule has 1 atom stereocenters. The number of nitro groups is 1. The second-order valence-electron chi connectivity index (χ2n) is 6.82. The van der Waals surface area contributed by atoms with Gasteiger partial charge in [-0.2, -0.15) is 18.3 Å². The maximum Gasteiger partial charge on any atom is 0.416 e. The number of amidine groups is 1. The van der Waals surface area contributed by atoms with Gasteiger partial charge in [0, 0.05) is 24.2 Å². The molecule has 0 saturated carbocycles. The molecule has 33 heavy (non-hydrogen) atoms. The number of non-ortho nitro benzene ring substituents is 1. The van der Waals surface area contributed by atoms with Gasteiger partial charge in [-0.1, -0.05) is 17.8 Å². The number of rotatable bonds is 6. The largest absolute Gasteiger partial charge is 0.416 e. The quantitative estimate of drug-likeness (QED) is 0.369. The zero-order valence-electron chi connectivity index (χ0n) is 16.9. The minimum absolute atomic E-state index is 0.0320. The number of hydrogen-bond donors (Lipinski definition) is 2. The molecule has 1 unspecified atom stereocenters. The summed E-state index contributed by atoms with van der Waals surface area (Å²) in [7, 11) is 0. The fourth-order valence-corrected chi connectivity index (χ4v) is 3.66. The van der Waals surface area contributed by atoms with Gasteiger partial charge in [0.15, 0.2) is 5.17 Å². The summed E-state index contributed by atoms with van der Waals surface area (Å²) in [5.41, 5.74) is 0.0383. The smallest absolute Gasteiger partial charge is 0.326 e. The molecule has 2 aromatic carbocycles. The van der Waals surface area contributed by atoms with E-state index in [1.165, 1.54) is 36.4 Å². The third-order valence-corrected chi connectivity index (χ3v) is 5.48. The van der Waals surface area contributed by atoms with E-state index in [9.17, 15) is 32.9 Å². The first-order chi connectivity index (χ1) is 15.5. The third-order valence-electron chi connectivity index (χ3n) is 4.41. The highest BCUT2D eigenvalue weighted by Gasteiger charge is 2.33. The Bertz CT molecular complexity index is 1150. The number of benzene rings is 2. The molecule has 0 aromatic heterocycles. The van der Waals surface area contributed by atoms with Crippen molar-refractivity contribution in [1.29, 1.82) is 0 Å². The maximum absolute atomic E-state index is 12.8. The Morgan fingerprint density at radius 3 is 2.58 bits per heavy atom. The molecule has 0 radical (unpaired) electrons. The number of amides is 2. The molecule has 1 saturated heterocycles. The van der Waals surface area contributed by atoms with Gasteiger partial charge < -0.3 is 10.6 Å². The van der Waals surface area contributed by atoms with E-state index in [0.717, 1.165) is 23.9 Å². The van der Waals surface area contributed by atoms with Crippen molar-refractivity contribution >= 4 is 45.8 Å². The predicted molar refractivity (Wildman–Crippen MR) is 117 cm³/mol. The lowest BCUT2D eigenvalue weighted by Gasteiger charge is -2.10. The van der Waals surface area contributed by atoms with Crippen LogP contribution in [0.1, 0.15) is 24.5 Å². The molecule has 0 bridgehead atoms. The van der Waals surface area contributed by atoms with E-state index in [2.05, 4.69) is 20.8 Å². The molecule has 172 valence electrons. The molecule has 1 aliphatic heterocycles. The van der Waals surface area contributed by atoms with Crippen molar-refractivity contribution in [3.63, 3.8) is 0 Å². The molecule has 2 N–H and O–H groups in total. The lowest BCUT2D eigenvalue weighted by molar-refractivity contribution is -0.384. The molecule has 13 heteroatoms. The number of halogens is 3. The fraction of sp³-hybridized carbons (Fsp3) is 0.200. The molecule has 1 heterocycles. The zero-order chi connectivity index (χ0) is 24.2. The monoisotopic (exact) mass is 479 g/mol. The topological polar surface area (TPSA) is 126 Å². The molecule has 0 spiro atoms. The van der Waals surface area contributed by atoms with Crippen molar-refractivity contribution in [1.82, 2.24) is 5.32 Å². The van der Waals surface area contributed by atoms with Crippen LogP contribution in [0.5, 0.6) is 0 Å². The first kappa shape index (κ1) is 23.9. The number of carbonyl (C=O) groups excluding carboxylic acids is 2. The summed E-state index contributed by atoms with van der Waals surface area (Å²) < 4.78 is 38.4. The van der Waals surface area contributed by atoms with Crippen LogP contribution in [0.3, 0.4) is 0 Å². The van der Waals surface area contributed by atoms with Crippen LogP contribution in [0.2, 0.25) is 0 Å². The summed E-state index contributed by atoms with van der Waals surface area (Å²) in [4.78, 5) is 34.5. The number of nitrogens with one attached hydrogen (secondary N) is 2. The summed E-state index contributed by atoms with van der Waals surface area (Å²) >= 11 is 0.961. The van der Waals surface area contributed by atoms with Crippen LogP contribution < -0.4 is 10.6 Å². The Labute approximate surface area is 189 Å². The van der Waals surface area contributed by atoms with Crippen molar-refractivity contribution < 1.29 is 27.7 Å². The Morgan fingerprint density at radius 2 is 1.94 bits per heavy atom. The van der Waals surface area contributed by atoms with Gasteiger partial charge in [-0.05, 0) is 42.8 Å². The van der Waals surface area contributed by atoms with E-state index in [0.29, 0.717) is 11.3 Å². The molecule has 1 aliphatic rings. The van der Waals surface area contributed by atoms with Crippen molar-refractivity contribution in [2.45, 2.75) is 24.8 Å². The Hall–Kier alpha value is -3.74. The summed E-state index contributed by atoms with van der Waals surface area (Å²) in [5, 5.41) is 22.8. The average Bonchev–Trinajstić information content (AvgIpc) is 3.10. The van der Waals surface area contributed by atoms with Gasteiger partial charge in [0.05, 0.1) is 16.2 Å². The average molecular weight is 479 g/mol. The molecule has 2 amide bonds. The molecule has 0 aliphatic carbocycles. The number of alkyl halides is 3. The minimum atomic E-state index is -4.54. The number of thioether (sulfide) groups is 1. The van der Waals surface area contributed by atoms with E-state index in [1.54, 1.807) is 6.92 Å². The van der Waals surface area contributed by atoms with Gasteiger partial charge in [0.2, 0.25) is 11.8 Å². The summed E-state index contributed by atoms with van der Waals surface area (Å²) in [6, 6.07) is 9.86. The van der Waals surface area contributed by atoms with Crippen molar-refractivity contribution in [2.75, 3.05) is 5.32 Å². The van der Waals surface area contributed by atoms with Crippen molar-refractivity contribution in [3.8, 4) is 0 Å². The molecule has 9 nitrogen and oxygen atoms in total. The van der Waals surface area contributed by atoms with E-state index in [1.807, 2.05) is 0 Å². The highest BCUT2D eigenvalue weighted by molar-refractivity contribution is 8.15. The third kappa shape index (κ3) is 6.38.